The summed E-state index contributed by atoms with van der Waals surface area (Å²) in [6, 6.07) is 0.384. The van der Waals surface area contributed by atoms with Crippen molar-refractivity contribution >= 4 is 11.0 Å². The predicted molar refractivity (Wildman–Crippen MR) is 66.6 cm³/mol. The molecule has 0 spiro atoms. The number of methoxy groups -OCH3 is 1. The molecule has 6 heteroatoms. The fourth-order valence-electron chi connectivity index (χ4n) is 2.22. The first kappa shape index (κ1) is 11.4. The van der Waals surface area contributed by atoms with Crippen molar-refractivity contribution in [2.75, 3.05) is 26.8 Å². The van der Waals surface area contributed by atoms with E-state index in [-0.39, 0.29) is 6.10 Å². The largest absolute Gasteiger partial charge is 0.467 e. The van der Waals surface area contributed by atoms with Gasteiger partial charge >= 0.3 is 6.01 Å². The summed E-state index contributed by atoms with van der Waals surface area (Å²) in [5, 5.41) is 3.32. The average molecular weight is 248 g/mol. The lowest BCUT2D eigenvalue weighted by molar-refractivity contribution is 0.0653. The van der Waals surface area contributed by atoms with E-state index in [1.165, 1.54) is 0 Å². The number of hydrogen-bond donors (Lipinski definition) is 2. The highest BCUT2D eigenvalue weighted by atomic mass is 16.5. The highest BCUT2D eigenvalue weighted by Gasteiger charge is 2.19. The molecule has 1 unspecified atom stereocenters. The van der Waals surface area contributed by atoms with E-state index in [9.17, 15) is 0 Å². The van der Waals surface area contributed by atoms with E-state index in [4.69, 9.17) is 9.47 Å². The summed E-state index contributed by atoms with van der Waals surface area (Å²) < 4.78 is 10.9. The van der Waals surface area contributed by atoms with E-state index in [0.717, 1.165) is 42.7 Å². The second kappa shape index (κ2) is 4.91. The maximum atomic E-state index is 5.85. The molecule has 1 aliphatic rings. The summed E-state index contributed by atoms with van der Waals surface area (Å²) >= 11 is 0. The number of fused-ring (bicyclic) bond motifs is 1. The van der Waals surface area contributed by atoms with E-state index in [1.54, 1.807) is 13.3 Å². The molecule has 2 aromatic heterocycles. The fraction of sp³-hybridized carbons (Fsp3) is 0.500. The van der Waals surface area contributed by atoms with Gasteiger partial charge in [0.2, 0.25) is 0 Å². The summed E-state index contributed by atoms with van der Waals surface area (Å²) in [4.78, 5) is 11.7. The van der Waals surface area contributed by atoms with Crippen LogP contribution in [0.5, 0.6) is 6.01 Å². The van der Waals surface area contributed by atoms with Crippen molar-refractivity contribution < 1.29 is 9.47 Å². The fourth-order valence-corrected chi connectivity index (χ4v) is 2.22. The molecule has 96 valence electrons. The van der Waals surface area contributed by atoms with E-state index in [0.29, 0.717) is 6.01 Å². The van der Waals surface area contributed by atoms with E-state index >= 15 is 0 Å². The van der Waals surface area contributed by atoms with Crippen LogP contribution < -0.4 is 10.1 Å². The summed E-state index contributed by atoms with van der Waals surface area (Å²) in [6.45, 7) is 2.58. The van der Waals surface area contributed by atoms with Crippen LogP contribution in [0.3, 0.4) is 0 Å². The minimum Gasteiger partial charge on any atom is -0.467 e. The molecule has 1 saturated heterocycles. The Bertz CT molecular complexity index is 532. The zero-order valence-electron chi connectivity index (χ0n) is 10.3. The lowest BCUT2D eigenvalue weighted by Crippen LogP contribution is -2.16. The lowest BCUT2D eigenvalue weighted by atomic mass is 10.1. The van der Waals surface area contributed by atoms with Gasteiger partial charge in [-0.2, -0.15) is 4.98 Å². The monoisotopic (exact) mass is 248 g/mol. The lowest BCUT2D eigenvalue weighted by Gasteiger charge is -2.13. The van der Waals surface area contributed by atoms with E-state index in [2.05, 4.69) is 20.3 Å². The molecule has 2 aromatic rings. The highest BCUT2D eigenvalue weighted by molar-refractivity contribution is 5.78. The summed E-state index contributed by atoms with van der Waals surface area (Å²) in [5.74, 6) is 0. The van der Waals surface area contributed by atoms with Crippen LogP contribution >= 0.6 is 0 Å². The molecule has 3 heterocycles. The van der Waals surface area contributed by atoms with Gasteiger partial charge < -0.3 is 19.8 Å². The van der Waals surface area contributed by atoms with Crippen LogP contribution in [0, 0.1) is 0 Å². The Hall–Kier alpha value is -1.66. The number of H-pyrrole nitrogens is 1. The summed E-state index contributed by atoms with van der Waals surface area (Å²) in [6.07, 6.45) is 4.71. The number of hydrogen-bond acceptors (Lipinski definition) is 5. The number of rotatable bonds is 2. The van der Waals surface area contributed by atoms with Crippen molar-refractivity contribution in [1.29, 1.82) is 0 Å². The summed E-state index contributed by atoms with van der Waals surface area (Å²) in [7, 11) is 1.57. The molecule has 18 heavy (non-hydrogen) atoms. The van der Waals surface area contributed by atoms with Crippen LogP contribution in [-0.4, -0.2) is 41.8 Å². The third kappa shape index (κ3) is 2.04. The number of nitrogens with one attached hydrogen (secondary N) is 2. The topological polar surface area (TPSA) is 72.1 Å². The van der Waals surface area contributed by atoms with Crippen LogP contribution in [0.15, 0.2) is 12.4 Å². The second-order valence-electron chi connectivity index (χ2n) is 4.26. The highest BCUT2D eigenvalue weighted by Crippen LogP contribution is 2.28. The van der Waals surface area contributed by atoms with Gasteiger partial charge in [-0.05, 0) is 13.0 Å². The third-order valence-corrected chi connectivity index (χ3v) is 3.13. The molecule has 3 rings (SSSR count). The smallest absolute Gasteiger partial charge is 0.316 e. The molecule has 2 N–H and O–H groups in total. The van der Waals surface area contributed by atoms with Crippen LogP contribution in [0.4, 0.5) is 0 Å². The second-order valence-corrected chi connectivity index (χ2v) is 4.26. The van der Waals surface area contributed by atoms with Crippen molar-refractivity contribution in [3.8, 4) is 6.01 Å². The first-order valence-electron chi connectivity index (χ1n) is 6.09. The van der Waals surface area contributed by atoms with Gasteiger partial charge in [0.05, 0.1) is 31.5 Å². The molecule has 0 radical (unpaired) electrons. The minimum absolute atomic E-state index is 0.0772. The molecule has 1 atom stereocenters. The predicted octanol–water partition coefficient (Wildman–Crippen LogP) is 1.02. The molecular weight excluding hydrogens is 232 g/mol. The van der Waals surface area contributed by atoms with Crippen molar-refractivity contribution in [3.05, 3.63) is 18.0 Å². The van der Waals surface area contributed by atoms with Crippen LogP contribution in [0.1, 0.15) is 18.1 Å². The van der Waals surface area contributed by atoms with E-state index < -0.39 is 0 Å². The standard InChI is InChI=1S/C12H16N4O2/c1-17-12-15-7-9-11(16-12)8(6-14-9)10-2-3-13-4-5-18-10/h6-7,10,13-14H,2-5H2,1H3. The SMILES string of the molecule is COc1ncc2[nH]cc(C3CCNCCO3)c2n1. The van der Waals surface area contributed by atoms with Crippen LogP contribution in [-0.2, 0) is 4.74 Å². The van der Waals surface area contributed by atoms with Gasteiger partial charge in [0, 0.05) is 18.3 Å². The Kier molecular flexibility index (Phi) is 3.12. The third-order valence-electron chi connectivity index (χ3n) is 3.13. The average Bonchev–Trinajstić information content (AvgIpc) is 2.64. The number of aromatic nitrogens is 3. The molecule has 0 amide bonds. The van der Waals surface area contributed by atoms with Crippen molar-refractivity contribution in [2.24, 2.45) is 0 Å². The Morgan fingerprint density at radius 1 is 1.44 bits per heavy atom. The quantitative estimate of drug-likeness (QED) is 0.830. The molecule has 0 aromatic carbocycles. The number of aromatic amines is 1. The zero-order valence-corrected chi connectivity index (χ0v) is 10.3. The van der Waals surface area contributed by atoms with Gasteiger partial charge in [-0.3, -0.25) is 0 Å². The van der Waals surface area contributed by atoms with Gasteiger partial charge in [0.1, 0.15) is 5.52 Å². The van der Waals surface area contributed by atoms with Crippen LogP contribution in [0.25, 0.3) is 11.0 Å². The maximum Gasteiger partial charge on any atom is 0.316 e. The van der Waals surface area contributed by atoms with Crippen LogP contribution in [0.2, 0.25) is 0 Å². The van der Waals surface area contributed by atoms with Gasteiger partial charge in [-0.1, -0.05) is 0 Å². The summed E-state index contributed by atoms with van der Waals surface area (Å²) in [5.41, 5.74) is 2.87. The minimum atomic E-state index is 0.0772. The molecule has 6 nitrogen and oxygen atoms in total. The maximum absolute atomic E-state index is 5.85. The van der Waals surface area contributed by atoms with E-state index in [1.807, 2.05) is 6.20 Å². The van der Waals surface area contributed by atoms with Gasteiger partial charge in [-0.15, -0.1) is 0 Å². The first-order chi connectivity index (χ1) is 8.88. The molecule has 1 fully saturated rings. The van der Waals surface area contributed by atoms with Crippen molar-refractivity contribution in [2.45, 2.75) is 12.5 Å². The van der Waals surface area contributed by atoms with Crippen molar-refractivity contribution in [1.82, 2.24) is 20.3 Å². The van der Waals surface area contributed by atoms with Gasteiger partial charge in [0.15, 0.2) is 0 Å². The Morgan fingerprint density at radius 3 is 3.28 bits per heavy atom. The molecule has 0 aliphatic carbocycles. The Balaban J connectivity index is 1.99. The molecule has 1 aliphatic heterocycles. The number of nitrogens with zero attached hydrogens (tertiary/aromatic N) is 2. The number of ether oxygens (including phenoxy) is 2. The van der Waals surface area contributed by atoms with Gasteiger partial charge in [-0.25, -0.2) is 4.98 Å². The Labute approximate surface area is 105 Å². The normalized spacial score (nSPS) is 20.8. The first-order valence-corrected chi connectivity index (χ1v) is 6.09. The zero-order chi connectivity index (χ0) is 12.4. The molecule has 0 saturated carbocycles. The molecular formula is C12H16N4O2. The van der Waals surface area contributed by atoms with Crippen molar-refractivity contribution in [3.63, 3.8) is 0 Å². The van der Waals surface area contributed by atoms with Gasteiger partial charge in [0.25, 0.3) is 0 Å². The molecule has 0 bridgehead atoms. The Morgan fingerprint density at radius 2 is 2.39 bits per heavy atom.